The van der Waals surface area contributed by atoms with Gasteiger partial charge in [-0.25, -0.2) is 0 Å². The van der Waals surface area contributed by atoms with Crippen LogP contribution in [0.15, 0.2) is 24.3 Å². The number of halogens is 1. The molecular weight excluding hydrogens is 272 g/mol. The summed E-state index contributed by atoms with van der Waals surface area (Å²) < 4.78 is 0. The highest BCUT2D eigenvalue weighted by Crippen LogP contribution is 2.11. The lowest BCUT2D eigenvalue weighted by molar-refractivity contribution is -0.124. The van der Waals surface area contributed by atoms with Crippen LogP contribution in [0.3, 0.4) is 0 Å². The molecule has 1 aromatic rings. The standard InChI is InChI=1S/C16H25ClN2O/c1-12(5-3-6-13(2)18)16(20)19-10-9-14-7-4-8-15(17)11-14/h4,7-8,11-13H,3,5-6,9-10,18H2,1-2H3,(H,19,20). The highest BCUT2D eigenvalue weighted by Gasteiger charge is 2.12. The van der Waals surface area contributed by atoms with Crippen molar-refractivity contribution in [3.8, 4) is 0 Å². The molecule has 20 heavy (non-hydrogen) atoms. The second-order valence-electron chi connectivity index (χ2n) is 5.48. The molecule has 3 nitrogen and oxygen atoms in total. The minimum Gasteiger partial charge on any atom is -0.356 e. The largest absolute Gasteiger partial charge is 0.356 e. The normalized spacial score (nSPS) is 13.8. The van der Waals surface area contributed by atoms with Gasteiger partial charge in [0.1, 0.15) is 0 Å². The number of nitrogens with one attached hydrogen (secondary N) is 1. The molecule has 0 fully saturated rings. The Bertz CT molecular complexity index is 421. The molecule has 2 atom stereocenters. The molecule has 0 aliphatic rings. The van der Waals surface area contributed by atoms with Gasteiger partial charge in [-0.3, -0.25) is 4.79 Å². The molecule has 0 aromatic heterocycles. The molecule has 2 unspecified atom stereocenters. The average molecular weight is 297 g/mol. The van der Waals surface area contributed by atoms with E-state index in [-0.39, 0.29) is 17.9 Å². The summed E-state index contributed by atoms with van der Waals surface area (Å²) in [6.45, 7) is 4.61. The monoisotopic (exact) mass is 296 g/mol. The number of nitrogens with two attached hydrogens (primary N) is 1. The Morgan fingerprint density at radius 2 is 2.10 bits per heavy atom. The molecule has 0 aliphatic heterocycles. The lowest BCUT2D eigenvalue weighted by Gasteiger charge is -2.13. The molecule has 1 amide bonds. The minimum absolute atomic E-state index is 0.0492. The Labute approximate surface area is 126 Å². The van der Waals surface area contributed by atoms with Gasteiger partial charge in [-0.2, -0.15) is 0 Å². The fourth-order valence-electron chi connectivity index (χ4n) is 2.07. The van der Waals surface area contributed by atoms with Crippen LogP contribution in [0, 0.1) is 5.92 Å². The maximum absolute atomic E-state index is 11.9. The molecule has 0 saturated heterocycles. The van der Waals surface area contributed by atoms with Crippen molar-refractivity contribution in [3.05, 3.63) is 34.9 Å². The molecule has 4 heteroatoms. The van der Waals surface area contributed by atoms with Crippen molar-refractivity contribution in [2.45, 2.75) is 45.6 Å². The maximum Gasteiger partial charge on any atom is 0.222 e. The van der Waals surface area contributed by atoms with Gasteiger partial charge >= 0.3 is 0 Å². The van der Waals surface area contributed by atoms with Crippen LogP contribution in [-0.4, -0.2) is 18.5 Å². The summed E-state index contributed by atoms with van der Waals surface area (Å²) in [6, 6.07) is 7.94. The number of hydrogen-bond acceptors (Lipinski definition) is 2. The van der Waals surface area contributed by atoms with Crippen molar-refractivity contribution < 1.29 is 4.79 Å². The van der Waals surface area contributed by atoms with Crippen molar-refractivity contribution >= 4 is 17.5 Å². The van der Waals surface area contributed by atoms with Crippen LogP contribution in [0.2, 0.25) is 5.02 Å². The average Bonchev–Trinajstić information content (AvgIpc) is 2.38. The van der Waals surface area contributed by atoms with E-state index in [1.165, 1.54) is 0 Å². The summed E-state index contributed by atoms with van der Waals surface area (Å²) in [5, 5.41) is 3.71. The SMILES string of the molecule is CC(N)CCCC(C)C(=O)NCCc1cccc(Cl)c1. The van der Waals surface area contributed by atoms with E-state index in [0.29, 0.717) is 6.54 Å². The third-order valence-electron chi connectivity index (χ3n) is 3.35. The summed E-state index contributed by atoms with van der Waals surface area (Å²) in [4.78, 5) is 11.9. The molecule has 112 valence electrons. The molecule has 0 heterocycles. The van der Waals surface area contributed by atoms with Crippen LogP contribution < -0.4 is 11.1 Å². The summed E-state index contributed by atoms with van der Waals surface area (Å²) in [5.41, 5.74) is 6.84. The first kappa shape index (κ1) is 17.0. The molecule has 0 radical (unpaired) electrons. The second kappa shape index (κ2) is 8.98. The Hall–Kier alpha value is -1.06. The van der Waals surface area contributed by atoms with Crippen molar-refractivity contribution in [1.82, 2.24) is 5.32 Å². The zero-order chi connectivity index (χ0) is 15.0. The van der Waals surface area contributed by atoms with E-state index in [2.05, 4.69) is 5.32 Å². The summed E-state index contributed by atoms with van der Waals surface area (Å²) >= 11 is 5.92. The fraction of sp³-hybridized carbons (Fsp3) is 0.562. The lowest BCUT2D eigenvalue weighted by atomic mass is 10.0. The molecule has 0 aliphatic carbocycles. The van der Waals surface area contributed by atoms with Gasteiger partial charge in [-0.05, 0) is 43.9 Å². The predicted molar refractivity (Wildman–Crippen MR) is 84.8 cm³/mol. The predicted octanol–water partition coefficient (Wildman–Crippen LogP) is 3.15. The molecule has 0 bridgehead atoms. The van der Waals surface area contributed by atoms with Crippen LogP contribution in [0.1, 0.15) is 38.7 Å². The van der Waals surface area contributed by atoms with Crippen molar-refractivity contribution in [2.24, 2.45) is 11.7 Å². The summed E-state index contributed by atoms with van der Waals surface area (Å²) in [5.74, 6) is 0.171. The third-order valence-corrected chi connectivity index (χ3v) is 3.58. The highest BCUT2D eigenvalue weighted by atomic mass is 35.5. The number of carbonyl (C=O) groups is 1. The van der Waals surface area contributed by atoms with Gasteiger partial charge < -0.3 is 11.1 Å². The smallest absolute Gasteiger partial charge is 0.222 e. The van der Waals surface area contributed by atoms with E-state index in [1.54, 1.807) is 0 Å². The topological polar surface area (TPSA) is 55.1 Å². The summed E-state index contributed by atoms with van der Waals surface area (Å²) in [7, 11) is 0. The van der Waals surface area contributed by atoms with Gasteiger partial charge in [-0.15, -0.1) is 0 Å². The maximum atomic E-state index is 11.9. The van der Waals surface area contributed by atoms with E-state index < -0.39 is 0 Å². The van der Waals surface area contributed by atoms with Gasteiger partial charge in [0, 0.05) is 23.5 Å². The first-order valence-corrected chi connectivity index (χ1v) is 7.64. The molecule has 0 saturated carbocycles. The van der Waals surface area contributed by atoms with E-state index in [1.807, 2.05) is 38.1 Å². The first-order chi connectivity index (χ1) is 9.49. The van der Waals surface area contributed by atoms with E-state index >= 15 is 0 Å². The number of rotatable bonds is 8. The lowest BCUT2D eigenvalue weighted by Crippen LogP contribution is -2.31. The zero-order valence-electron chi connectivity index (χ0n) is 12.4. The van der Waals surface area contributed by atoms with Gasteiger partial charge in [-0.1, -0.05) is 37.1 Å². The van der Waals surface area contributed by atoms with Crippen LogP contribution in [0.4, 0.5) is 0 Å². The quantitative estimate of drug-likeness (QED) is 0.774. The highest BCUT2D eigenvalue weighted by molar-refractivity contribution is 6.30. The van der Waals surface area contributed by atoms with Crippen molar-refractivity contribution in [3.63, 3.8) is 0 Å². The Balaban J connectivity index is 2.22. The second-order valence-corrected chi connectivity index (χ2v) is 5.92. The van der Waals surface area contributed by atoms with Crippen molar-refractivity contribution in [1.29, 1.82) is 0 Å². The van der Waals surface area contributed by atoms with Gasteiger partial charge in [0.25, 0.3) is 0 Å². The van der Waals surface area contributed by atoms with E-state index in [0.717, 1.165) is 36.3 Å². The fourth-order valence-corrected chi connectivity index (χ4v) is 2.29. The Kier molecular flexibility index (Phi) is 7.63. The van der Waals surface area contributed by atoms with Crippen LogP contribution in [-0.2, 0) is 11.2 Å². The number of hydrogen-bond donors (Lipinski definition) is 2. The first-order valence-electron chi connectivity index (χ1n) is 7.26. The third kappa shape index (κ3) is 6.92. The molecule has 1 aromatic carbocycles. The Morgan fingerprint density at radius 3 is 2.75 bits per heavy atom. The molecule has 3 N–H and O–H groups in total. The van der Waals surface area contributed by atoms with Crippen LogP contribution >= 0.6 is 11.6 Å². The number of amides is 1. The van der Waals surface area contributed by atoms with Crippen molar-refractivity contribution in [2.75, 3.05) is 6.54 Å². The van der Waals surface area contributed by atoms with E-state index in [4.69, 9.17) is 17.3 Å². The van der Waals surface area contributed by atoms with Crippen LogP contribution in [0.5, 0.6) is 0 Å². The molecule has 1 rings (SSSR count). The van der Waals surface area contributed by atoms with Gasteiger partial charge in [0.15, 0.2) is 0 Å². The number of carbonyl (C=O) groups excluding carboxylic acids is 1. The van der Waals surface area contributed by atoms with Crippen LogP contribution in [0.25, 0.3) is 0 Å². The zero-order valence-corrected chi connectivity index (χ0v) is 13.1. The molecule has 0 spiro atoms. The van der Waals surface area contributed by atoms with Gasteiger partial charge in [0.05, 0.1) is 0 Å². The summed E-state index contributed by atoms with van der Waals surface area (Å²) in [6.07, 6.45) is 3.67. The van der Waals surface area contributed by atoms with Gasteiger partial charge in [0.2, 0.25) is 5.91 Å². The minimum atomic E-state index is 0.0492. The molecular formula is C16H25ClN2O. The number of benzene rings is 1. The Morgan fingerprint density at radius 1 is 1.35 bits per heavy atom. The van der Waals surface area contributed by atoms with E-state index in [9.17, 15) is 4.79 Å².